The van der Waals surface area contributed by atoms with Crippen LogP contribution >= 0.6 is 11.6 Å². The van der Waals surface area contributed by atoms with Gasteiger partial charge in [0.05, 0.1) is 12.8 Å². The molecule has 3 rings (SSSR count). The molecule has 1 aromatic carbocycles. The number of sulfonamides is 1. The van der Waals surface area contributed by atoms with Gasteiger partial charge < -0.3 is 5.32 Å². The van der Waals surface area contributed by atoms with E-state index >= 15 is 0 Å². The number of hydrogen-bond acceptors (Lipinski definition) is 4. The number of hydrogen-bond donors (Lipinski definition) is 1. The van der Waals surface area contributed by atoms with Crippen LogP contribution in [0, 0.1) is 6.92 Å². The summed E-state index contributed by atoms with van der Waals surface area (Å²) in [5.74, 6) is -0.799. The number of nitrogens with zero attached hydrogens (tertiary/aromatic N) is 2. The number of piperazine rings is 1. The third-order valence-electron chi connectivity index (χ3n) is 5.60. The molecule has 9 heteroatoms. The second-order valence-corrected chi connectivity index (χ2v) is 10.3. The first-order valence-electron chi connectivity index (χ1n) is 9.37. The Morgan fingerprint density at radius 2 is 1.93 bits per heavy atom. The molecule has 1 saturated carbocycles. The van der Waals surface area contributed by atoms with Crippen molar-refractivity contribution in [2.45, 2.75) is 51.1 Å². The van der Waals surface area contributed by atoms with Crippen LogP contribution in [0.1, 0.15) is 38.2 Å². The second kappa shape index (κ2) is 7.65. The van der Waals surface area contributed by atoms with Crippen molar-refractivity contribution in [3.05, 3.63) is 28.8 Å². The van der Waals surface area contributed by atoms with Crippen LogP contribution in [-0.2, 0) is 19.6 Å². The van der Waals surface area contributed by atoms with Crippen molar-refractivity contribution in [1.29, 1.82) is 0 Å². The fourth-order valence-electron chi connectivity index (χ4n) is 4.01. The quantitative estimate of drug-likeness (QED) is 0.796. The van der Waals surface area contributed by atoms with Crippen molar-refractivity contribution in [2.75, 3.05) is 24.2 Å². The lowest BCUT2D eigenvalue weighted by Crippen LogP contribution is -2.70. The van der Waals surface area contributed by atoms with Crippen molar-refractivity contribution in [3.63, 3.8) is 0 Å². The lowest BCUT2D eigenvalue weighted by molar-refractivity contribution is -0.133. The zero-order chi connectivity index (χ0) is 20.7. The van der Waals surface area contributed by atoms with Crippen molar-refractivity contribution in [1.82, 2.24) is 9.62 Å². The molecule has 1 aromatic rings. The molecule has 2 aliphatic rings. The average molecular weight is 428 g/mol. The molecular formula is C19H26ClN3O4S. The Bertz CT molecular complexity index is 898. The predicted octanol–water partition coefficient (Wildman–Crippen LogP) is 2.07. The number of carbonyl (C=O) groups is 2. The fraction of sp³-hybridized carbons (Fsp3) is 0.579. The molecule has 1 aliphatic carbocycles. The molecule has 0 spiro atoms. The number of amides is 2. The Hall–Kier alpha value is -1.64. The van der Waals surface area contributed by atoms with E-state index in [0.717, 1.165) is 41.8 Å². The summed E-state index contributed by atoms with van der Waals surface area (Å²) < 4.78 is 25.4. The first-order chi connectivity index (χ1) is 13.0. The predicted molar refractivity (Wildman–Crippen MR) is 109 cm³/mol. The van der Waals surface area contributed by atoms with Gasteiger partial charge in [-0.25, -0.2) is 8.42 Å². The molecule has 1 heterocycles. The van der Waals surface area contributed by atoms with Crippen LogP contribution in [0.3, 0.4) is 0 Å². The molecule has 1 aliphatic heterocycles. The minimum atomic E-state index is -3.63. The summed E-state index contributed by atoms with van der Waals surface area (Å²) in [6.07, 6.45) is 4.93. The van der Waals surface area contributed by atoms with E-state index in [-0.39, 0.29) is 25.0 Å². The van der Waals surface area contributed by atoms with Crippen LogP contribution < -0.4 is 10.2 Å². The number of carbonyl (C=O) groups excluding carboxylic acids is 2. The molecule has 0 aromatic heterocycles. The Kier molecular flexibility index (Phi) is 5.76. The summed E-state index contributed by atoms with van der Waals surface area (Å²) in [7, 11) is -3.63. The van der Waals surface area contributed by atoms with Crippen LogP contribution in [0.5, 0.6) is 0 Å². The highest BCUT2D eigenvalue weighted by atomic mass is 35.5. The van der Waals surface area contributed by atoms with E-state index in [2.05, 4.69) is 5.32 Å². The lowest BCUT2D eigenvalue weighted by Gasteiger charge is -2.47. The van der Waals surface area contributed by atoms with E-state index in [4.69, 9.17) is 11.6 Å². The summed E-state index contributed by atoms with van der Waals surface area (Å²) in [5, 5.41) is 3.47. The van der Waals surface area contributed by atoms with E-state index in [1.165, 1.54) is 4.90 Å². The Morgan fingerprint density at radius 1 is 1.29 bits per heavy atom. The second-order valence-electron chi connectivity index (χ2n) is 7.92. The van der Waals surface area contributed by atoms with E-state index in [0.29, 0.717) is 10.7 Å². The van der Waals surface area contributed by atoms with Gasteiger partial charge in [-0.3, -0.25) is 14.5 Å². The van der Waals surface area contributed by atoms with Crippen molar-refractivity contribution in [3.8, 4) is 0 Å². The molecule has 1 saturated heterocycles. The maximum atomic E-state index is 13.3. The van der Waals surface area contributed by atoms with Crippen molar-refractivity contribution < 1.29 is 18.0 Å². The standard InChI is InChI=1S/C19H26ClN3O4S/c1-13-8-9-14(20)10-16(13)23-17(24)11-22(28(3,26)27)12-19(23,2)18(25)21-15-6-4-5-7-15/h8-10,15H,4-7,11-12H2,1-3H3,(H,21,25)/t19-/m0/s1. The van der Waals surface area contributed by atoms with Gasteiger partial charge in [-0.1, -0.05) is 30.5 Å². The molecule has 154 valence electrons. The third kappa shape index (κ3) is 4.04. The maximum Gasteiger partial charge on any atom is 0.247 e. The molecule has 0 bridgehead atoms. The van der Waals surface area contributed by atoms with Gasteiger partial charge >= 0.3 is 0 Å². The highest BCUT2D eigenvalue weighted by Gasteiger charge is 2.51. The van der Waals surface area contributed by atoms with Gasteiger partial charge in [0.15, 0.2) is 0 Å². The Morgan fingerprint density at radius 3 is 2.54 bits per heavy atom. The topological polar surface area (TPSA) is 86.8 Å². The molecule has 2 fully saturated rings. The van der Waals surface area contributed by atoms with Crippen LogP contribution in [0.4, 0.5) is 5.69 Å². The summed E-state index contributed by atoms with van der Waals surface area (Å²) in [6.45, 7) is 3.03. The molecule has 28 heavy (non-hydrogen) atoms. The minimum absolute atomic E-state index is 0.0512. The number of rotatable bonds is 4. The van der Waals surface area contributed by atoms with Crippen molar-refractivity contribution >= 4 is 39.1 Å². The highest BCUT2D eigenvalue weighted by molar-refractivity contribution is 7.88. The normalized spacial score (nSPS) is 24.6. The Labute approximate surface area is 171 Å². The molecular weight excluding hydrogens is 402 g/mol. The minimum Gasteiger partial charge on any atom is -0.351 e. The third-order valence-corrected chi connectivity index (χ3v) is 7.03. The van der Waals surface area contributed by atoms with Crippen LogP contribution in [0.25, 0.3) is 0 Å². The zero-order valence-corrected chi connectivity index (χ0v) is 17.9. The van der Waals surface area contributed by atoms with Gasteiger partial charge in [0, 0.05) is 23.3 Å². The Balaban J connectivity index is 2.05. The van der Waals surface area contributed by atoms with Crippen LogP contribution in [0.15, 0.2) is 18.2 Å². The smallest absolute Gasteiger partial charge is 0.247 e. The van der Waals surface area contributed by atoms with Crippen molar-refractivity contribution in [2.24, 2.45) is 0 Å². The summed E-state index contributed by atoms with van der Waals surface area (Å²) in [6, 6.07) is 5.19. The van der Waals surface area contributed by atoms with Gasteiger partial charge in [-0.15, -0.1) is 0 Å². The summed E-state index contributed by atoms with van der Waals surface area (Å²) in [5.41, 5.74) is -0.0728. The van der Waals surface area contributed by atoms with E-state index < -0.39 is 21.5 Å². The van der Waals surface area contributed by atoms with Gasteiger partial charge in [0.1, 0.15) is 5.54 Å². The number of aryl methyl sites for hydroxylation is 1. The summed E-state index contributed by atoms with van der Waals surface area (Å²) >= 11 is 6.15. The van der Waals surface area contributed by atoms with E-state index in [9.17, 15) is 18.0 Å². The zero-order valence-electron chi connectivity index (χ0n) is 16.4. The summed E-state index contributed by atoms with van der Waals surface area (Å²) in [4.78, 5) is 27.8. The monoisotopic (exact) mass is 427 g/mol. The SMILES string of the molecule is Cc1ccc(Cl)cc1N1C(=O)CN(S(C)(=O)=O)C[C@@]1(C)C(=O)NC1CCCC1. The lowest BCUT2D eigenvalue weighted by atomic mass is 9.93. The van der Waals surface area contributed by atoms with Gasteiger partial charge in [0.25, 0.3) is 0 Å². The van der Waals surface area contributed by atoms with Gasteiger partial charge in [-0.05, 0) is 44.4 Å². The molecule has 2 amide bonds. The van der Waals surface area contributed by atoms with Crippen LogP contribution in [0.2, 0.25) is 5.02 Å². The van der Waals surface area contributed by atoms with Gasteiger partial charge in [-0.2, -0.15) is 4.31 Å². The largest absolute Gasteiger partial charge is 0.351 e. The number of anilines is 1. The number of halogens is 1. The molecule has 7 nitrogen and oxygen atoms in total. The van der Waals surface area contributed by atoms with Crippen LogP contribution in [-0.4, -0.2) is 55.5 Å². The van der Waals surface area contributed by atoms with E-state index in [1.807, 2.05) is 6.92 Å². The number of nitrogens with one attached hydrogen (secondary N) is 1. The fourth-order valence-corrected chi connectivity index (χ4v) is 5.01. The highest BCUT2D eigenvalue weighted by Crippen LogP contribution is 2.34. The molecule has 0 unspecified atom stereocenters. The first-order valence-corrected chi connectivity index (χ1v) is 11.6. The first kappa shape index (κ1) is 21.1. The molecule has 0 radical (unpaired) electrons. The number of benzene rings is 1. The molecule has 1 atom stereocenters. The molecule has 1 N–H and O–H groups in total. The average Bonchev–Trinajstić information content (AvgIpc) is 3.09. The van der Waals surface area contributed by atoms with E-state index in [1.54, 1.807) is 25.1 Å². The maximum absolute atomic E-state index is 13.3. The van der Waals surface area contributed by atoms with Gasteiger partial charge in [0.2, 0.25) is 21.8 Å².